The summed E-state index contributed by atoms with van der Waals surface area (Å²) in [6.07, 6.45) is 0. The number of nitro groups is 1. The Morgan fingerprint density at radius 3 is 2.53 bits per heavy atom. The summed E-state index contributed by atoms with van der Waals surface area (Å²) in [4.78, 5) is 11.8. The largest absolute Gasteiger partial charge is 0.481 e. The first-order valence-corrected chi connectivity index (χ1v) is 5.88. The van der Waals surface area contributed by atoms with E-state index >= 15 is 0 Å². The fourth-order valence-corrected chi connectivity index (χ4v) is 1.64. The molecule has 0 radical (unpaired) electrons. The molecule has 1 rings (SSSR count). The molecule has 0 aromatic heterocycles. The predicted molar refractivity (Wildman–Crippen MR) is 65.5 cm³/mol. The minimum absolute atomic E-state index is 0.0297. The number of para-hydroxylation sites is 2. The average Bonchev–Trinajstić information content (AvgIpc) is 2.35. The van der Waals surface area contributed by atoms with Gasteiger partial charge in [-0.3, -0.25) is 10.1 Å². The maximum atomic E-state index is 10.8. The highest BCUT2D eigenvalue weighted by Crippen LogP contribution is 2.25. The normalized spacial score (nSPS) is 10.5. The number of ether oxygens (including phenoxy) is 1. The van der Waals surface area contributed by atoms with Crippen LogP contribution in [0.15, 0.2) is 24.3 Å². The summed E-state index contributed by atoms with van der Waals surface area (Å²) in [7, 11) is 0. The van der Waals surface area contributed by atoms with E-state index in [2.05, 4.69) is 13.8 Å². The molecule has 5 nitrogen and oxygen atoms in total. The van der Waals surface area contributed by atoms with E-state index in [-0.39, 0.29) is 5.69 Å². The van der Waals surface area contributed by atoms with Gasteiger partial charge in [-0.1, -0.05) is 12.1 Å². The Hall–Kier alpha value is -1.62. The van der Waals surface area contributed by atoms with Gasteiger partial charge in [0.1, 0.15) is 13.2 Å². The molecule has 94 valence electrons. The summed E-state index contributed by atoms with van der Waals surface area (Å²) in [6, 6.07) is 6.47. The summed E-state index contributed by atoms with van der Waals surface area (Å²) < 4.78 is 5.47. The second-order valence-electron chi connectivity index (χ2n) is 3.78. The smallest absolute Gasteiger partial charge is 0.310 e. The molecule has 1 aromatic rings. The van der Waals surface area contributed by atoms with Crippen LogP contribution in [0.3, 0.4) is 0 Å². The van der Waals surface area contributed by atoms with Crippen LogP contribution in [0.2, 0.25) is 0 Å². The molecule has 5 heteroatoms. The molecule has 0 aliphatic carbocycles. The van der Waals surface area contributed by atoms with Gasteiger partial charge in [-0.15, -0.1) is 0 Å². The Labute approximate surface area is 101 Å². The second-order valence-corrected chi connectivity index (χ2v) is 3.78. The first-order valence-electron chi connectivity index (χ1n) is 5.88. The number of hydrogen-bond acceptors (Lipinski definition) is 3. The Bertz CT molecular complexity index is 365. The van der Waals surface area contributed by atoms with E-state index in [1.807, 2.05) is 0 Å². The van der Waals surface area contributed by atoms with Crippen LogP contribution in [0.4, 0.5) is 5.69 Å². The zero-order chi connectivity index (χ0) is 12.7. The number of benzene rings is 1. The van der Waals surface area contributed by atoms with Crippen molar-refractivity contribution in [3.63, 3.8) is 0 Å². The lowest BCUT2D eigenvalue weighted by Gasteiger charge is -2.15. The minimum atomic E-state index is -0.417. The van der Waals surface area contributed by atoms with Gasteiger partial charge in [0.2, 0.25) is 0 Å². The third-order valence-electron chi connectivity index (χ3n) is 2.78. The van der Waals surface area contributed by atoms with Gasteiger partial charge in [-0.05, 0) is 19.9 Å². The molecule has 0 amide bonds. The summed E-state index contributed by atoms with van der Waals surface area (Å²) in [6.45, 7) is 7.67. The van der Waals surface area contributed by atoms with Crippen molar-refractivity contribution in [3.8, 4) is 5.75 Å². The van der Waals surface area contributed by atoms with Crippen molar-refractivity contribution in [1.82, 2.24) is 0 Å². The molecule has 0 unspecified atom stereocenters. The molecular formula is C12H19N2O3+. The Kier molecular flexibility index (Phi) is 5.42. The highest BCUT2D eigenvalue weighted by molar-refractivity contribution is 5.45. The van der Waals surface area contributed by atoms with Crippen LogP contribution >= 0.6 is 0 Å². The summed E-state index contributed by atoms with van der Waals surface area (Å²) in [5.41, 5.74) is 0.0297. The zero-order valence-electron chi connectivity index (χ0n) is 10.3. The topological polar surface area (TPSA) is 56.8 Å². The van der Waals surface area contributed by atoms with E-state index in [9.17, 15) is 10.1 Å². The molecular weight excluding hydrogens is 220 g/mol. The fraction of sp³-hybridized carbons (Fsp3) is 0.500. The molecule has 0 heterocycles. The maximum absolute atomic E-state index is 10.8. The van der Waals surface area contributed by atoms with E-state index in [1.54, 1.807) is 18.2 Å². The lowest BCUT2D eigenvalue weighted by Crippen LogP contribution is -3.12. The Morgan fingerprint density at radius 1 is 1.29 bits per heavy atom. The van der Waals surface area contributed by atoms with Crippen LogP contribution in [0, 0.1) is 10.1 Å². The van der Waals surface area contributed by atoms with Gasteiger partial charge in [0.05, 0.1) is 18.0 Å². The summed E-state index contributed by atoms with van der Waals surface area (Å²) in [5, 5.41) is 10.8. The van der Waals surface area contributed by atoms with Crippen molar-refractivity contribution in [2.45, 2.75) is 13.8 Å². The van der Waals surface area contributed by atoms with Gasteiger partial charge in [-0.2, -0.15) is 0 Å². The number of nitrogens with one attached hydrogen (secondary N) is 1. The van der Waals surface area contributed by atoms with Gasteiger partial charge in [0.15, 0.2) is 5.75 Å². The lowest BCUT2D eigenvalue weighted by molar-refractivity contribution is -0.896. The Balaban J connectivity index is 2.54. The number of likely N-dealkylation sites (N-methyl/N-ethyl adjacent to an activating group) is 1. The number of rotatable bonds is 7. The van der Waals surface area contributed by atoms with Crippen molar-refractivity contribution in [1.29, 1.82) is 0 Å². The van der Waals surface area contributed by atoms with Gasteiger partial charge in [-0.25, -0.2) is 0 Å². The third kappa shape index (κ3) is 4.03. The van der Waals surface area contributed by atoms with Crippen LogP contribution in [0.25, 0.3) is 0 Å². The van der Waals surface area contributed by atoms with Crippen LogP contribution in [-0.2, 0) is 0 Å². The van der Waals surface area contributed by atoms with E-state index in [0.717, 1.165) is 19.6 Å². The molecule has 0 saturated carbocycles. The molecule has 0 saturated heterocycles. The van der Waals surface area contributed by atoms with E-state index in [4.69, 9.17) is 4.74 Å². The SMILES string of the molecule is CC[NH+](CC)CCOc1ccccc1[N+](=O)[O-]. The van der Waals surface area contributed by atoms with Gasteiger partial charge in [0.25, 0.3) is 0 Å². The molecule has 0 bridgehead atoms. The minimum Gasteiger partial charge on any atom is -0.481 e. The average molecular weight is 239 g/mol. The van der Waals surface area contributed by atoms with Gasteiger partial charge < -0.3 is 9.64 Å². The van der Waals surface area contributed by atoms with E-state index < -0.39 is 4.92 Å². The first-order chi connectivity index (χ1) is 8.19. The number of hydrogen-bond donors (Lipinski definition) is 1. The Morgan fingerprint density at radius 2 is 1.94 bits per heavy atom. The standard InChI is InChI=1S/C12H18N2O3/c1-3-13(4-2)9-10-17-12-8-6-5-7-11(12)14(15)16/h5-8H,3-4,9-10H2,1-2H3/p+1. The van der Waals surface area contributed by atoms with Crippen molar-refractivity contribution < 1.29 is 14.6 Å². The van der Waals surface area contributed by atoms with Crippen molar-refractivity contribution in [3.05, 3.63) is 34.4 Å². The monoisotopic (exact) mass is 239 g/mol. The molecule has 0 atom stereocenters. The fourth-order valence-electron chi connectivity index (χ4n) is 1.64. The molecule has 17 heavy (non-hydrogen) atoms. The number of quaternary nitrogens is 1. The zero-order valence-corrected chi connectivity index (χ0v) is 10.3. The van der Waals surface area contributed by atoms with Crippen LogP contribution in [0.1, 0.15) is 13.8 Å². The van der Waals surface area contributed by atoms with Crippen LogP contribution < -0.4 is 9.64 Å². The van der Waals surface area contributed by atoms with Crippen LogP contribution in [-0.4, -0.2) is 31.2 Å². The van der Waals surface area contributed by atoms with E-state index in [0.29, 0.717) is 12.4 Å². The van der Waals surface area contributed by atoms with Crippen molar-refractivity contribution in [2.75, 3.05) is 26.2 Å². The third-order valence-corrected chi connectivity index (χ3v) is 2.78. The van der Waals surface area contributed by atoms with Crippen molar-refractivity contribution >= 4 is 5.69 Å². The molecule has 0 aliphatic heterocycles. The van der Waals surface area contributed by atoms with Crippen LogP contribution in [0.5, 0.6) is 5.75 Å². The molecule has 0 aliphatic rings. The molecule has 1 N–H and O–H groups in total. The molecule has 0 fully saturated rings. The molecule has 1 aromatic carbocycles. The quantitative estimate of drug-likeness (QED) is 0.568. The highest BCUT2D eigenvalue weighted by Gasteiger charge is 2.13. The molecule has 0 spiro atoms. The summed E-state index contributed by atoms with van der Waals surface area (Å²) in [5.74, 6) is 0.351. The number of nitro benzene ring substituents is 1. The van der Waals surface area contributed by atoms with Gasteiger partial charge >= 0.3 is 5.69 Å². The summed E-state index contributed by atoms with van der Waals surface area (Å²) >= 11 is 0. The first kappa shape index (κ1) is 13.4. The van der Waals surface area contributed by atoms with Crippen molar-refractivity contribution in [2.24, 2.45) is 0 Å². The second kappa shape index (κ2) is 6.85. The number of nitrogens with zero attached hydrogens (tertiary/aromatic N) is 1. The lowest BCUT2D eigenvalue weighted by atomic mass is 10.3. The van der Waals surface area contributed by atoms with Gasteiger partial charge in [0, 0.05) is 6.07 Å². The van der Waals surface area contributed by atoms with E-state index in [1.165, 1.54) is 11.0 Å². The predicted octanol–water partition coefficient (Wildman–Crippen LogP) is 0.898. The highest BCUT2D eigenvalue weighted by atomic mass is 16.6. The maximum Gasteiger partial charge on any atom is 0.310 e.